The molecule has 0 heterocycles. The Hall–Kier alpha value is -1.25. The van der Waals surface area contributed by atoms with E-state index in [1.165, 1.54) is 295 Å². The minimum absolute atomic E-state index is 0.0367. The number of phosphoric acid groups is 1. The molecule has 0 spiro atoms. The summed E-state index contributed by atoms with van der Waals surface area (Å²) in [4.78, 5) is 35.7. The Morgan fingerprint density at radius 1 is 0.385 bits per heavy atom. The van der Waals surface area contributed by atoms with E-state index >= 15 is 0 Å². The number of esters is 2. The lowest BCUT2D eigenvalue weighted by atomic mass is 10.0. The molecule has 1 N–H and O–H groups in total. The average Bonchev–Trinajstić information content (AvgIpc) is 3.40. The lowest BCUT2D eigenvalue weighted by Gasteiger charge is -2.24. The number of unbranched alkanes of at least 4 members (excludes halogenated alkanes) is 49. The Balaban J connectivity index is 3.79. The number of hydrogen-bond acceptors (Lipinski definition) is 7. The van der Waals surface area contributed by atoms with Gasteiger partial charge in [-0.05, 0) is 38.5 Å². The Kier molecular flexibility index (Phi) is 59.4. The van der Waals surface area contributed by atoms with Gasteiger partial charge in [0.25, 0.3) is 0 Å². The first kappa shape index (κ1) is 76.8. The monoisotopic (exact) mass is 1120 g/mol. The van der Waals surface area contributed by atoms with Gasteiger partial charge in [-0.3, -0.25) is 18.6 Å². The smallest absolute Gasteiger partial charge is 0.462 e. The summed E-state index contributed by atoms with van der Waals surface area (Å²) in [6, 6.07) is 0. The first-order valence-corrected chi connectivity index (χ1v) is 35.9. The number of carbonyl (C=O) groups is 2. The minimum Gasteiger partial charge on any atom is -0.462 e. The van der Waals surface area contributed by atoms with Crippen molar-refractivity contribution in [2.24, 2.45) is 0 Å². The molecule has 464 valence electrons. The van der Waals surface area contributed by atoms with Gasteiger partial charge >= 0.3 is 19.8 Å². The average molecular weight is 1130 g/mol. The van der Waals surface area contributed by atoms with Crippen molar-refractivity contribution in [3.05, 3.63) is 12.2 Å². The molecule has 2 atom stereocenters. The molecular weight excluding hydrogens is 990 g/mol. The zero-order valence-corrected chi connectivity index (χ0v) is 53.8. The van der Waals surface area contributed by atoms with Crippen LogP contribution in [0.2, 0.25) is 0 Å². The maximum Gasteiger partial charge on any atom is 0.472 e. The van der Waals surface area contributed by atoms with Gasteiger partial charge in [0.15, 0.2) is 6.10 Å². The second-order valence-electron chi connectivity index (χ2n) is 24.9. The van der Waals surface area contributed by atoms with Gasteiger partial charge in [0, 0.05) is 12.8 Å². The second-order valence-corrected chi connectivity index (χ2v) is 26.4. The van der Waals surface area contributed by atoms with Crippen LogP contribution in [0.3, 0.4) is 0 Å². The number of carbonyl (C=O) groups excluding carboxylic acids is 2. The molecule has 0 rings (SSSR count). The van der Waals surface area contributed by atoms with Gasteiger partial charge in [0.05, 0.1) is 27.7 Å². The number of rotatable bonds is 65. The molecule has 0 aliphatic rings. The highest BCUT2D eigenvalue weighted by Gasteiger charge is 2.27. The summed E-state index contributed by atoms with van der Waals surface area (Å²) in [6.45, 7) is 4.49. The molecule has 0 saturated carbocycles. The van der Waals surface area contributed by atoms with Crippen LogP contribution >= 0.6 is 7.82 Å². The first-order valence-electron chi connectivity index (χ1n) is 34.4. The first-order chi connectivity index (χ1) is 38.0. The van der Waals surface area contributed by atoms with E-state index < -0.39 is 26.5 Å². The fourth-order valence-corrected chi connectivity index (χ4v) is 11.2. The number of ether oxygens (including phenoxy) is 2. The van der Waals surface area contributed by atoms with Gasteiger partial charge in [-0.25, -0.2) is 4.57 Å². The van der Waals surface area contributed by atoms with E-state index in [1.54, 1.807) is 0 Å². The van der Waals surface area contributed by atoms with Crippen molar-refractivity contribution in [1.82, 2.24) is 0 Å². The molecule has 0 aliphatic carbocycles. The van der Waals surface area contributed by atoms with Crippen LogP contribution in [0.25, 0.3) is 0 Å². The molecule has 9 nitrogen and oxygen atoms in total. The van der Waals surface area contributed by atoms with Crippen LogP contribution in [0.5, 0.6) is 0 Å². The van der Waals surface area contributed by atoms with E-state index in [2.05, 4.69) is 26.0 Å². The highest BCUT2D eigenvalue weighted by atomic mass is 31.2. The maximum atomic E-state index is 12.8. The van der Waals surface area contributed by atoms with Crippen LogP contribution in [-0.4, -0.2) is 74.9 Å². The maximum absolute atomic E-state index is 12.8. The van der Waals surface area contributed by atoms with Crippen molar-refractivity contribution in [3.8, 4) is 0 Å². The molecule has 0 aliphatic heterocycles. The van der Waals surface area contributed by atoms with Crippen LogP contribution in [-0.2, 0) is 32.7 Å². The number of hydrogen-bond donors (Lipinski definition) is 1. The van der Waals surface area contributed by atoms with Crippen molar-refractivity contribution >= 4 is 19.8 Å². The fraction of sp³-hybridized carbons (Fsp3) is 0.941. The topological polar surface area (TPSA) is 108 Å². The molecule has 2 unspecified atom stereocenters. The molecule has 0 radical (unpaired) electrons. The molecule has 0 aromatic rings. The predicted molar refractivity (Wildman–Crippen MR) is 335 cm³/mol. The van der Waals surface area contributed by atoms with Crippen molar-refractivity contribution in [2.75, 3.05) is 47.5 Å². The van der Waals surface area contributed by atoms with E-state index in [0.29, 0.717) is 17.4 Å². The number of allylic oxidation sites excluding steroid dienone is 2. The molecule has 78 heavy (non-hydrogen) atoms. The van der Waals surface area contributed by atoms with Gasteiger partial charge in [-0.1, -0.05) is 321 Å². The molecule has 0 fully saturated rings. The lowest BCUT2D eigenvalue weighted by molar-refractivity contribution is -0.870. The summed E-state index contributed by atoms with van der Waals surface area (Å²) in [7, 11) is 1.50. The Labute approximate surface area is 486 Å². The number of nitrogens with zero attached hydrogens (tertiary/aromatic N) is 1. The summed E-state index contributed by atoms with van der Waals surface area (Å²) < 4.78 is 34.6. The summed E-state index contributed by atoms with van der Waals surface area (Å²) >= 11 is 0. The lowest BCUT2D eigenvalue weighted by Crippen LogP contribution is -2.37. The van der Waals surface area contributed by atoms with Gasteiger partial charge in [0.2, 0.25) is 0 Å². The number of quaternary nitrogens is 1. The quantitative estimate of drug-likeness (QED) is 0.0211. The normalized spacial score (nSPS) is 13.2. The van der Waals surface area contributed by atoms with E-state index in [1.807, 2.05) is 21.1 Å². The summed E-state index contributed by atoms with van der Waals surface area (Å²) in [5.41, 5.74) is 0. The van der Waals surface area contributed by atoms with E-state index in [4.69, 9.17) is 18.5 Å². The van der Waals surface area contributed by atoms with Crippen LogP contribution in [0.4, 0.5) is 0 Å². The van der Waals surface area contributed by atoms with Crippen molar-refractivity contribution < 1.29 is 42.1 Å². The van der Waals surface area contributed by atoms with E-state index in [0.717, 1.165) is 38.5 Å². The SMILES string of the molecule is CCCCCCCCCC/C=C\CCCCCCCCCCCCCCCCCCCCCCCCCCCCCCCC(=O)OC(COC(=O)CCCCCCCCCCCCCCC)COP(=O)(O)OCC[N+](C)(C)C. The van der Waals surface area contributed by atoms with Gasteiger partial charge < -0.3 is 18.9 Å². The minimum atomic E-state index is -4.38. The number of likely N-dealkylation sites (N-methyl/N-ethyl adjacent to an activating group) is 1. The molecule has 0 aromatic carbocycles. The molecule has 0 bridgehead atoms. The van der Waals surface area contributed by atoms with Gasteiger partial charge in [0.1, 0.15) is 19.8 Å². The molecule has 0 aromatic heterocycles. The third-order valence-corrected chi connectivity index (χ3v) is 16.8. The summed E-state index contributed by atoms with van der Waals surface area (Å²) in [5.74, 6) is -0.775. The highest BCUT2D eigenvalue weighted by molar-refractivity contribution is 7.47. The Morgan fingerprint density at radius 3 is 0.949 bits per heavy atom. The fourth-order valence-electron chi connectivity index (χ4n) is 10.5. The van der Waals surface area contributed by atoms with E-state index in [9.17, 15) is 19.0 Å². The molecule has 10 heteroatoms. The molecule has 0 saturated heterocycles. The summed E-state index contributed by atoms with van der Waals surface area (Å²) in [6.07, 6.45) is 73.5. The van der Waals surface area contributed by atoms with Crippen molar-refractivity contribution in [2.45, 2.75) is 367 Å². The Bertz CT molecular complexity index is 1320. The number of phosphoric ester groups is 1. The van der Waals surface area contributed by atoms with Crippen LogP contribution in [0.1, 0.15) is 361 Å². The third-order valence-electron chi connectivity index (χ3n) is 15.8. The van der Waals surface area contributed by atoms with Crippen LogP contribution in [0.15, 0.2) is 12.2 Å². The predicted octanol–water partition coefficient (Wildman–Crippen LogP) is 21.9. The molecular formula is C68H135NO8P+. The zero-order chi connectivity index (χ0) is 57.0. The zero-order valence-electron chi connectivity index (χ0n) is 52.9. The summed E-state index contributed by atoms with van der Waals surface area (Å²) in [5, 5.41) is 0. The highest BCUT2D eigenvalue weighted by Crippen LogP contribution is 2.43. The second kappa shape index (κ2) is 60.3. The third kappa shape index (κ3) is 63.9. The van der Waals surface area contributed by atoms with E-state index in [-0.39, 0.29) is 25.6 Å². The van der Waals surface area contributed by atoms with Crippen LogP contribution in [0, 0.1) is 0 Å². The van der Waals surface area contributed by atoms with Crippen molar-refractivity contribution in [1.29, 1.82) is 0 Å². The molecule has 0 amide bonds. The van der Waals surface area contributed by atoms with Gasteiger partial charge in [-0.15, -0.1) is 0 Å². The van der Waals surface area contributed by atoms with Crippen LogP contribution < -0.4 is 0 Å². The van der Waals surface area contributed by atoms with Crippen molar-refractivity contribution in [3.63, 3.8) is 0 Å². The largest absolute Gasteiger partial charge is 0.472 e. The van der Waals surface area contributed by atoms with Gasteiger partial charge in [-0.2, -0.15) is 0 Å². The Morgan fingerprint density at radius 2 is 0.654 bits per heavy atom. The standard InChI is InChI=1S/C68H134NO8P/c1-6-8-10-12-14-16-18-20-21-22-23-24-25-26-27-28-29-30-31-32-33-34-35-36-37-38-39-40-41-42-43-44-45-46-47-49-51-53-55-57-59-61-68(71)77-66(65-76-78(72,73)75-63-62-69(3,4)5)64-74-67(70)60-58-56-54-52-50-48-19-17-15-13-11-9-7-2/h22-23,66H,6-21,24-65H2,1-5H3/p+1/b23-22-.